The molecule has 27 heavy (non-hydrogen) atoms. The van der Waals surface area contributed by atoms with Crippen LogP contribution < -0.4 is 5.32 Å². The topological polar surface area (TPSA) is 64.0 Å². The lowest BCUT2D eigenvalue weighted by Crippen LogP contribution is -2.16. The van der Waals surface area contributed by atoms with Crippen LogP contribution in [-0.4, -0.2) is 21.5 Å². The average molecular weight is 387 g/mol. The molecule has 3 rings (SSSR count). The molecule has 1 heterocycles. The zero-order chi connectivity index (χ0) is 19.9. The summed E-state index contributed by atoms with van der Waals surface area (Å²) in [5, 5.41) is 5.51. The minimum absolute atomic E-state index is 0.0773. The number of carbonyl (C=O) groups excluding carboxylic acids is 2. The highest BCUT2D eigenvalue weighted by Gasteiger charge is 2.38. The maximum Gasteiger partial charge on any atom is 0.435 e. The first-order valence-electron chi connectivity index (χ1n) is 8.02. The second-order valence-corrected chi connectivity index (χ2v) is 6.35. The van der Waals surface area contributed by atoms with Crippen molar-refractivity contribution in [2.75, 3.05) is 5.32 Å². The zero-order valence-corrected chi connectivity index (χ0v) is 14.0. The van der Waals surface area contributed by atoms with E-state index >= 15 is 0 Å². The second-order valence-electron chi connectivity index (χ2n) is 6.35. The highest BCUT2D eigenvalue weighted by Crippen LogP contribution is 2.43. The van der Waals surface area contributed by atoms with E-state index < -0.39 is 47.3 Å². The third-order valence-electron chi connectivity index (χ3n) is 3.94. The van der Waals surface area contributed by atoms with E-state index in [9.17, 15) is 31.5 Å². The van der Waals surface area contributed by atoms with Gasteiger partial charge in [-0.2, -0.15) is 18.3 Å². The number of ketones is 1. The number of carbonyl (C=O) groups is 2. The van der Waals surface area contributed by atoms with Gasteiger partial charge in [0.15, 0.2) is 17.3 Å². The van der Waals surface area contributed by atoms with Crippen molar-refractivity contribution in [3.8, 4) is 5.69 Å². The van der Waals surface area contributed by atoms with Gasteiger partial charge in [0.05, 0.1) is 6.42 Å². The van der Waals surface area contributed by atoms with E-state index in [1.165, 1.54) is 6.92 Å². The third kappa shape index (κ3) is 4.15. The van der Waals surface area contributed by atoms with Crippen LogP contribution in [0.25, 0.3) is 5.69 Å². The predicted octanol–water partition coefficient (Wildman–Crippen LogP) is 3.96. The van der Waals surface area contributed by atoms with E-state index in [2.05, 4.69) is 10.4 Å². The fraction of sp³-hybridized carbons (Fsp3) is 0.353. The summed E-state index contributed by atoms with van der Waals surface area (Å²) in [5.41, 5.74) is -2.16. The van der Waals surface area contributed by atoms with Crippen LogP contribution in [0.5, 0.6) is 0 Å². The largest absolute Gasteiger partial charge is 0.435 e. The molecule has 0 saturated heterocycles. The number of rotatable bonds is 5. The van der Waals surface area contributed by atoms with Gasteiger partial charge in [-0.1, -0.05) is 0 Å². The highest BCUT2D eigenvalue weighted by atomic mass is 19.4. The molecule has 0 spiro atoms. The normalized spacial score (nSPS) is 14.3. The predicted molar refractivity (Wildman–Crippen MR) is 84.4 cm³/mol. The molecule has 144 valence electrons. The summed E-state index contributed by atoms with van der Waals surface area (Å²) in [4.78, 5) is 22.4. The SMILES string of the molecule is CC(=O)CC(=O)Nc1cc(F)c(-n2nc(C(F)(F)F)cc2C2CC2)c(F)c1. The molecule has 0 aliphatic heterocycles. The van der Waals surface area contributed by atoms with E-state index in [-0.39, 0.29) is 17.3 Å². The monoisotopic (exact) mass is 387 g/mol. The molecule has 0 bridgehead atoms. The van der Waals surface area contributed by atoms with Crippen molar-refractivity contribution in [2.45, 2.75) is 38.3 Å². The van der Waals surface area contributed by atoms with Crippen molar-refractivity contribution in [3.63, 3.8) is 0 Å². The van der Waals surface area contributed by atoms with Gasteiger partial charge in [0, 0.05) is 17.3 Å². The molecule has 1 fully saturated rings. The van der Waals surface area contributed by atoms with Gasteiger partial charge in [-0.15, -0.1) is 0 Å². The lowest BCUT2D eigenvalue weighted by molar-refractivity contribution is -0.141. The molecular formula is C17H14F5N3O2. The summed E-state index contributed by atoms with van der Waals surface area (Å²) >= 11 is 0. The van der Waals surface area contributed by atoms with Gasteiger partial charge < -0.3 is 5.32 Å². The Morgan fingerprint density at radius 1 is 1.19 bits per heavy atom. The van der Waals surface area contributed by atoms with Gasteiger partial charge in [-0.05, 0) is 38.0 Å². The van der Waals surface area contributed by atoms with Crippen LogP contribution in [0.2, 0.25) is 0 Å². The van der Waals surface area contributed by atoms with Crippen molar-refractivity contribution in [1.29, 1.82) is 0 Å². The zero-order valence-electron chi connectivity index (χ0n) is 14.0. The minimum atomic E-state index is -4.75. The molecule has 1 amide bonds. The van der Waals surface area contributed by atoms with Gasteiger partial charge >= 0.3 is 6.18 Å². The van der Waals surface area contributed by atoms with Gasteiger partial charge in [0.2, 0.25) is 5.91 Å². The van der Waals surface area contributed by atoms with E-state index in [0.717, 1.165) is 18.2 Å². The Labute approximate surface area is 150 Å². The fourth-order valence-electron chi connectivity index (χ4n) is 2.65. The Morgan fingerprint density at radius 3 is 2.26 bits per heavy atom. The number of hydrogen-bond acceptors (Lipinski definition) is 3. The Balaban J connectivity index is 1.99. The lowest BCUT2D eigenvalue weighted by Gasteiger charge is -2.12. The lowest BCUT2D eigenvalue weighted by atomic mass is 10.2. The summed E-state index contributed by atoms with van der Waals surface area (Å²) in [5.74, 6) is -3.82. The van der Waals surface area contributed by atoms with Gasteiger partial charge in [-0.3, -0.25) is 9.59 Å². The van der Waals surface area contributed by atoms with Crippen LogP contribution in [0.4, 0.5) is 27.6 Å². The van der Waals surface area contributed by atoms with Gasteiger partial charge in [0.25, 0.3) is 0 Å². The molecule has 0 atom stereocenters. The van der Waals surface area contributed by atoms with Crippen LogP contribution in [0.15, 0.2) is 18.2 Å². The number of halogens is 5. The van der Waals surface area contributed by atoms with Crippen LogP contribution in [0, 0.1) is 11.6 Å². The summed E-state index contributed by atoms with van der Waals surface area (Å²) in [7, 11) is 0. The number of nitrogens with zero attached hydrogens (tertiary/aromatic N) is 2. The number of anilines is 1. The Kier molecular flexibility index (Phi) is 4.75. The third-order valence-corrected chi connectivity index (χ3v) is 3.94. The van der Waals surface area contributed by atoms with Crippen LogP contribution in [-0.2, 0) is 15.8 Å². The summed E-state index contributed by atoms with van der Waals surface area (Å²) in [6.45, 7) is 1.18. The van der Waals surface area contributed by atoms with E-state index in [1.807, 2.05) is 0 Å². The molecule has 1 saturated carbocycles. The average Bonchev–Trinajstić information content (AvgIpc) is 3.24. The molecule has 1 N–H and O–H groups in total. The Morgan fingerprint density at radius 2 is 1.78 bits per heavy atom. The van der Waals surface area contributed by atoms with Crippen LogP contribution >= 0.6 is 0 Å². The maximum absolute atomic E-state index is 14.5. The standard InChI is InChI=1S/C17H14F5N3O2/c1-8(26)4-15(27)23-10-5-11(18)16(12(19)6-10)25-13(9-2-3-9)7-14(24-25)17(20,21)22/h5-7,9H,2-4H2,1H3,(H,23,27). The number of Topliss-reactive ketones (excluding diaryl/α,β-unsaturated/α-hetero) is 1. The van der Waals surface area contributed by atoms with Crippen molar-refractivity contribution in [1.82, 2.24) is 9.78 Å². The van der Waals surface area contributed by atoms with E-state index in [4.69, 9.17) is 0 Å². The van der Waals surface area contributed by atoms with Crippen molar-refractivity contribution in [2.24, 2.45) is 0 Å². The van der Waals surface area contributed by atoms with E-state index in [1.54, 1.807) is 0 Å². The van der Waals surface area contributed by atoms with E-state index in [0.29, 0.717) is 17.5 Å². The molecule has 1 aromatic carbocycles. The first-order chi connectivity index (χ1) is 12.6. The number of amides is 1. The van der Waals surface area contributed by atoms with Crippen molar-refractivity contribution < 1.29 is 31.5 Å². The number of aromatic nitrogens is 2. The van der Waals surface area contributed by atoms with Gasteiger partial charge in [-0.25, -0.2) is 13.5 Å². The van der Waals surface area contributed by atoms with Crippen LogP contribution in [0.1, 0.15) is 43.5 Å². The molecule has 0 radical (unpaired) electrons. The molecule has 5 nitrogen and oxygen atoms in total. The quantitative estimate of drug-likeness (QED) is 0.624. The molecule has 1 aromatic heterocycles. The van der Waals surface area contributed by atoms with Crippen LogP contribution in [0.3, 0.4) is 0 Å². The molecule has 10 heteroatoms. The van der Waals surface area contributed by atoms with Crippen molar-refractivity contribution in [3.05, 3.63) is 41.2 Å². The molecular weight excluding hydrogens is 373 g/mol. The molecule has 1 aliphatic rings. The molecule has 2 aromatic rings. The highest BCUT2D eigenvalue weighted by molar-refractivity contribution is 6.03. The number of hydrogen-bond donors (Lipinski definition) is 1. The minimum Gasteiger partial charge on any atom is -0.325 e. The van der Waals surface area contributed by atoms with Crippen molar-refractivity contribution >= 4 is 17.4 Å². The first kappa shape index (κ1) is 19.0. The number of benzene rings is 1. The second kappa shape index (κ2) is 6.75. The summed E-state index contributed by atoms with van der Waals surface area (Å²) in [6.07, 6.45) is -4.01. The Hall–Kier alpha value is -2.78. The molecule has 1 aliphatic carbocycles. The maximum atomic E-state index is 14.5. The smallest absolute Gasteiger partial charge is 0.325 e. The fourth-order valence-corrected chi connectivity index (χ4v) is 2.65. The summed E-state index contributed by atoms with van der Waals surface area (Å²) < 4.78 is 68.5. The molecule has 0 unspecified atom stereocenters. The number of alkyl halides is 3. The van der Waals surface area contributed by atoms with Gasteiger partial charge in [0.1, 0.15) is 11.5 Å². The number of nitrogens with one attached hydrogen (secondary N) is 1. The summed E-state index contributed by atoms with van der Waals surface area (Å²) in [6, 6.07) is 2.32. The first-order valence-corrected chi connectivity index (χ1v) is 8.02. The Bertz CT molecular complexity index is 893.